The molecule has 0 saturated carbocycles. The van der Waals surface area contributed by atoms with Crippen LogP contribution in [0.15, 0.2) is 24.5 Å². The molecule has 0 radical (unpaired) electrons. The predicted octanol–water partition coefficient (Wildman–Crippen LogP) is 1.14. The molecule has 3 nitrogen and oxygen atoms in total. The topological polar surface area (TPSA) is 43.3 Å². The minimum Gasteiger partial charge on any atom is -0.330 e. The maximum Gasteiger partial charge on any atom is 0.110 e. The molecule has 0 unspecified atom stereocenters. The van der Waals surface area contributed by atoms with Crippen molar-refractivity contribution in [3.63, 3.8) is 0 Å². The molecule has 2 heterocycles. The monoisotopic (exact) mass is 175 g/mol. The number of hydrogen-bond acceptors (Lipinski definition) is 2. The standard InChI is InChI=1S/C10H13N3/c1-8-12-7-10-9(4-5-11)3-2-6-13(8)10/h2-3,6-7H,4-5,11H2,1H3. The van der Waals surface area contributed by atoms with Gasteiger partial charge in [0.2, 0.25) is 0 Å². The van der Waals surface area contributed by atoms with Crippen LogP contribution in [0, 0.1) is 6.92 Å². The molecular weight excluding hydrogens is 162 g/mol. The van der Waals surface area contributed by atoms with Crippen LogP contribution in [0.5, 0.6) is 0 Å². The molecule has 0 saturated heterocycles. The van der Waals surface area contributed by atoms with Gasteiger partial charge in [-0.1, -0.05) is 6.07 Å². The molecule has 0 aromatic carbocycles. The molecule has 0 fully saturated rings. The first-order chi connectivity index (χ1) is 6.33. The van der Waals surface area contributed by atoms with Crippen LogP contribution in [0.1, 0.15) is 11.4 Å². The van der Waals surface area contributed by atoms with E-state index in [1.807, 2.05) is 25.4 Å². The maximum atomic E-state index is 5.53. The average molecular weight is 175 g/mol. The zero-order chi connectivity index (χ0) is 9.26. The van der Waals surface area contributed by atoms with Gasteiger partial charge in [0.15, 0.2) is 0 Å². The highest BCUT2D eigenvalue weighted by Gasteiger charge is 2.02. The Bertz CT molecular complexity index is 417. The van der Waals surface area contributed by atoms with E-state index in [1.54, 1.807) is 0 Å². The first-order valence-electron chi connectivity index (χ1n) is 4.44. The van der Waals surface area contributed by atoms with Gasteiger partial charge in [0.1, 0.15) is 5.82 Å². The second-order valence-electron chi connectivity index (χ2n) is 3.13. The summed E-state index contributed by atoms with van der Waals surface area (Å²) in [7, 11) is 0. The number of nitrogens with zero attached hydrogens (tertiary/aromatic N) is 2. The zero-order valence-corrected chi connectivity index (χ0v) is 7.70. The molecule has 13 heavy (non-hydrogen) atoms. The molecule has 0 aliphatic carbocycles. The summed E-state index contributed by atoms with van der Waals surface area (Å²) in [6.07, 6.45) is 4.84. The number of imidazole rings is 1. The lowest BCUT2D eigenvalue weighted by Crippen LogP contribution is -2.03. The largest absolute Gasteiger partial charge is 0.330 e. The van der Waals surface area contributed by atoms with Crippen LogP contribution in [0.3, 0.4) is 0 Å². The van der Waals surface area contributed by atoms with E-state index in [0.29, 0.717) is 6.54 Å². The van der Waals surface area contributed by atoms with E-state index in [9.17, 15) is 0 Å². The highest BCUT2D eigenvalue weighted by atomic mass is 15.0. The van der Waals surface area contributed by atoms with Crippen LogP contribution in [0.2, 0.25) is 0 Å². The Morgan fingerprint density at radius 3 is 3.15 bits per heavy atom. The molecule has 2 N–H and O–H groups in total. The molecule has 0 bridgehead atoms. The van der Waals surface area contributed by atoms with Crippen LogP contribution in [0.25, 0.3) is 5.52 Å². The Kier molecular flexibility index (Phi) is 2.02. The molecule has 0 atom stereocenters. The van der Waals surface area contributed by atoms with E-state index < -0.39 is 0 Å². The number of pyridine rings is 1. The van der Waals surface area contributed by atoms with Crippen molar-refractivity contribution >= 4 is 5.52 Å². The molecular formula is C10H13N3. The van der Waals surface area contributed by atoms with Crippen LogP contribution in [-0.2, 0) is 6.42 Å². The number of hydrogen-bond donors (Lipinski definition) is 1. The van der Waals surface area contributed by atoms with Crippen molar-refractivity contribution in [1.82, 2.24) is 9.38 Å². The van der Waals surface area contributed by atoms with Crippen molar-refractivity contribution in [3.05, 3.63) is 35.9 Å². The lowest BCUT2D eigenvalue weighted by molar-refractivity contribution is 0.958. The van der Waals surface area contributed by atoms with Crippen molar-refractivity contribution in [1.29, 1.82) is 0 Å². The van der Waals surface area contributed by atoms with Gasteiger partial charge < -0.3 is 10.1 Å². The van der Waals surface area contributed by atoms with Crippen LogP contribution < -0.4 is 5.73 Å². The summed E-state index contributed by atoms with van der Waals surface area (Å²) in [5.74, 6) is 1.02. The Hall–Kier alpha value is -1.35. The van der Waals surface area contributed by atoms with Gasteiger partial charge in [-0.05, 0) is 31.5 Å². The van der Waals surface area contributed by atoms with Gasteiger partial charge in [-0.3, -0.25) is 0 Å². The lowest BCUT2D eigenvalue weighted by atomic mass is 10.2. The van der Waals surface area contributed by atoms with Gasteiger partial charge in [-0.15, -0.1) is 0 Å². The molecule has 0 aliphatic rings. The number of aryl methyl sites for hydroxylation is 1. The fourth-order valence-corrected chi connectivity index (χ4v) is 1.58. The Morgan fingerprint density at radius 2 is 2.38 bits per heavy atom. The minimum atomic E-state index is 0.684. The van der Waals surface area contributed by atoms with Gasteiger partial charge in [0, 0.05) is 6.20 Å². The Balaban J connectivity index is 2.63. The van der Waals surface area contributed by atoms with Crippen molar-refractivity contribution < 1.29 is 0 Å². The molecule has 2 aromatic heterocycles. The fraction of sp³-hybridized carbons (Fsp3) is 0.300. The van der Waals surface area contributed by atoms with Gasteiger partial charge in [0.25, 0.3) is 0 Å². The van der Waals surface area contributed by atoms with Gasteiger partial charge >= 0.3 is 0 Å². The number of fused-ring (bicyclic) bond motifs is 1. The van der Waals surface area contributed by atoms with Crippen molar-refractivity contribution in [2.75, 3.05) is 6.54 Å². The number of nitrogens with two attached hydrogens (primary N) is 1. The number of rotatable bonds is 2. The third kappa shape index (κ3) is 1.31. The van der Waals surface area contributed by atoms with E-state index in [0.717, 1.165) is 12.2 Å². The van der Waals surface area contributed by atoms with Crippen molar-refractivity contribution in [2.45, 2.75) is 13.3 Å². The molecule has 2 rings (SSSR count). The third-order valence-corrected chi connectivity index (χ3v) is 2.26. The van der Waals surface area contributed by atoms with E-state index >= 15 is 0 Å². The third-order valence-electron chi connectivity index (χ3n) is 2.26. The summed E-state index contributed by atoms with van der Waals surface area (Å²) in [6.45, 7) is 2.68. The highest BCUT2D eigenvalue weighted by Crippen LogP contribution is 2.12. The lowest BCUT2D eigenvalue weighted by Gasteiger charge is -2.02. The zero-order valence-electron chi connectivity index (χ0n) is 7.70. The van der Waals surface area contributed by atoms with Gasteiger partial charge in [-0.2, -0.15) is 0 Å². The molecule has 0 aliphatic heterocycles. The van der Waals surface area contributed by atoms with E-state index in [4.69, 9.17) is 5.73 Å². The van der Waals surface area contributed by atoms with E-state index in [2.05, 4.69) is 15.5 Å². The maximum absolute atomic E-state index is 5.53. The molecule has 2 aromatic rings. The molecule has 68 valence electrons. The van der Waals surface area contributed by atoms with Gasteiger partial charge in [-0.25, -0.2) is 4.98 Å². The van der Waals surface area contributed by atoms with E-state index in [-0.39, 0.29) is 0 Å². The van der Waals surface area contributed by atoms with Crippen LogP contribution in [0.4, 0.5) is 0 Å². The Labute approximate surface area is 77.2 Å². The molecule has 3 heteroatoms. The van der Waals surface area contributed by atoms with Crippen LogP contribution >= 0.6 is 0 Å². The minimum absolute atomic E-state index is 0.684. The normalized spacial score (nSPS) is 10.9. The van der Waals surface area contributed by atoms with Crippen molar-refractivity contribution in [2.24, 2.45) is 5.73 Å². The Morgan fingerprint density at radius 1 is 1.54 bits per heavy atom. The summed E-state index contributed by atoms with van der Waals surface area (Å²) in [5, 5.41) is 0. The second-order valence-corrected chi connectivity index (χ2v) is 3.13. The second kappa shape index (κ2) is 3.18. The first kappa shape index (κ1) is 8.26. The highest BCUT2D eigenvalue weighted by molar-refractivity contribution is 5.54. The SMILES string of the molecule is Cc1ncc2c(CCN)cccn12. The summed E-state index contributed by atoms with van der Waals surface area (Å²) < 4.78 is 2.09. The average Bonchev–Trinajstić information content (AvgIpc) is 2.50. The fourth-order valence-electron chi connectivity index (χ4n) is 1.58. The molecule has 0 spiro atoms. The van der Waals surface area contributed by atoms with E-state index in [1.165, 1.54) is 11.1 Å². The summed E-state index contributed by atoms with van der Waals surface area (Å²) in [4.78, 5) is 4.26. The smallest absolute Gasteiger partial charge is 0.110 e. The summed E-state index contributed by atoms with van der Waals surface area (Å²) in [5.41, 5.74) is 7.97. The number of aromatic nitrogens is 2. The van der Waals surface area contributed by atoms with Crippen molar-refractivity contribution in [3.8, 4) is 0 Å². The first-order valence-corrected chi connectivity index (χ1v) is 4.44. The molecule has 0 amide bonds. The van der Waals surface area contributed by atoms with Crippen LogP contribution in [-0.4, -0.2) is 15.9 Å². The van der Waals surface area contributed by atoms with Gasteiger partial charge in [0.05, 0.1) is 11.7 Å². The summed E-state index contributed by atoms with van der Waals surface area (Å²) >= 11 is 0. The predicted molar refractivity (Wildman–Crippen MR) is 52.7 cm³/mol. The summed E-state index contributed by atoms with van der Waals surface area (Å²) in [6, 6.07) is 4.13. The quantitative estimate of drug-likeness (QED) is 0.744.